The number of amides is 1. The van der Waals surface area contributed by atoms with Crippen molar-refractivity contribution in [1.82, 2.24) is 9.97 Å². The summed E-state index contributed by atoms with van der Waals surface area (Å²) in [6, 6.07) is 11.0. The van der Waals surface area contributed by atoms with Gasteiger partial charge in [0, 0.05) is 23.0 Å². The number of thiazole rings is 1. The lowest BCUT2D eigenvalue weighted by Crippen LogP contribution is -2.12. The van der Waals surface area contributed by atoms with Crippen molar-refractivity contribution in [1.29, 1.82) is 0 Å². The predicted molar refractivity (Wildman–Crippen MR) is 108 cm³/mol. The zero-order valence-corrected chi connectivity index (χ0v) is 16.8. The van der Waals surface area contributed by atoms with Crippen LogP contribution in [0.25, 0.3) is 11.4 Å². The lowest BCUT2D eigenvalue weighted by Gasteiger charge is -2.08. The number of ether oxygens (including phenoxy) is 1. The van der Waals surface area contributed by atoms with E-state index in [1.807, 2.05) is 23.6 Å². The first-order chi connectivity index (χ1) is 12.6. The van der Waals surface area contributed by atoms with Crippen LogP contribution in [-0.2, 0) is 4.79 Å². The van der Waals surface area contributed by atoms with E-state index < -0.39 is 0 Å². The van der Waals surface area contributed by atoms with Gasteiger partial charge in [0.25, 0.3) is 0 Å². The lowest BCUT2D eigenvalue weighted by molar-refractivity contribution is -0.116. The molecule has 134 valence electrons. The number of halogens is 2. The Kier molecular flexibility index (Phi) is 6.60. The molecule has 0 aliphatic heterocycles. The third-order valence-corrected chi connectivity index (χ3v) is 4.99. The number of anilines is 1. The van der Waals surface area contributed by atoms with Crippen LogP contribution in [0, 0.1) is 0 Å². The van der Waals surface area contributed by atoms with Crippen molar-refractivity contribution in [2.45, 2.75) is 12.8 Å². The van der Waals surface area contributed by atoms with E-state index in [-0.39, 0.29) is 5.91 Å². The fourth-order valence-corrected chi connectivity index (χ4v) is 3.67. The summed E-state index contributed by atoms with van der Waals surface area (Å²) in [7, 11) is 0. The van der Waals surface area contributed by atoms with E-state index in [1.165, 1.54) is 11.3 Å². The molecule has 5 nitrogen and oxygen atoms in total. The maximum Gasteiger partial charge on any atom is 0.226 e. The average Bonchev–Trinajstić information content (AvgIpc) is 3.09. The molecule has 3 rings (SSSR count). The van der Waals surface area contributed by atoms with Crippen molar-refractivity contribution < 1.29 is 9.53 Å². The van der Waals surface area contributed by atoms with Gasteiger partial charge in [-0.05, 0) is 52.7 Å². The second kappa shape index (κ2) is 9.12. The third-order valence-electron chi connectivity index (χ3n) is 3.38. The zero-order chi connectivity index (χ0) is 18.4. The van der Waals surface area contributed by atoms with Crippen LogP contribution in [0.2, 0.25) is 5.02 Å². The summed E-state index contributed by atoms with van der Waals surface area (Å²) in [6.45, 7) is 0.435. The normalized spacial score (nSPS) is 10.5. The molecule has 1 amide bonds. The maximum absolute atomic E-state index is 12.0. The van der Waals surface area contributed by atoms with Gasteiger partial charge in [-0.15, -0.1) is 11.3 Å². The smallest absolute Gasteiger partial charge is 0.226 e. The van der Waals surface area contributed by atoms with Gasteiger partial charge < -0.3 is 10.1 Å². The topological polar surface area (TPSA) is 64.1 Å². The third kappa shape index (κ3) is 5.27. The molecule has 0 saturated heterocycles. The van der Waals surface area contributed by atoms with E-state index in [9.17, 15) is 4.79 Å². The number of carbonyl (C=O) groups excluding carboxylic acids is 1. The molecule has 0 unspecified atom stereocenters. The monoisotopic (exact) mass is 451 g/mol. The molecule has 0 bridgehead atoms. The van der Waals surface area contributed by atoms with Crippen molar-refractivity contribution in [2.24, 2.45) is 0 Å². The number of carbonyl (C=O) groups is 1. The quantitative estimate of drug-likeness (QED) is 0.486. The van der Waals surface area contributed by atoms with E-state index in [4.69, 9.17) is 16.3 Å². The van der Waals surface area contributed by atoms with Gasteiger partial charge in [-0.1, -0.05) is 17.7 Å². The zero-order valence-electron chi connectivity index (χ0n) is 13.6. The van der Waals surface area contributed by atoms with Crippen LogP contribution in [-0.4, -0.2) is 22.5 Å². The van der Waals surface area contributed by atoms with Gasteiger partial charge in [-0.25, -0.2) is 4.98 Å². The van der Waals surface area contributed by atoms with Crippen LogP contribution >= 0.6 is 38.9 Å². The van der Waals surface area contributed by atoms with Gasteiger partial charge in [0.05, 0.1) is 16.8 Å². The van der Waals surface area contributed by atoms with Gasteiger partial charge in [-0.3, -0.25) is 9.78 Å². The van der Waals surface area contributed by atoms with E-state index in [0.29, 0.717) is 35.4 Å². The summed E-state index contributed by atoms with van der Waals surface area (Å²) in [5, 5.41) is 5.89. The highest BCUT2D eigenvalue weighted by Crippen LogP contribution is 2.28. The van der Waals surface area contributed by atoms with Crippen LogP contribution in [0.3, 0.4) is 0 Å². The van der Waals surface area contributed by atoms with Gasteiger partial charge in [0.15, 0.2) is 5.13 Å². The summed E-state index contributed by atoms with van der Waals surface area (Å²) in [5.74, 6) is 0.612. The van der Waals surface area contributed by atoms with E-state index >= 15 is 0 Å². The van der Waals surface area contributed by atoms with Gasteiger partial charge in [0.1, 0.15) is 11.4 Å². The van der Waals surface area contributed by atoms with Gasteiger partial charge in [-0.2, -0.15) is 0 Å². The molecule has 2 heterocycles. The Morgan fingerprint density at radius 2 is 2.15 bits per heavy atom. The number of nitrogens with one attached hydrogen (secondary N) is 1. The molecular weight excluding hydrogens is 438 g/mol. The van der Waals surface area contributed by atoms with Crippen molar-refractivity contribution in [3.63, 3.8) is 0 Å². The number of pyridine rings is 1. The molecule has 1 aromatic carbocycles. The summed E-state index contributed by atoms with van der Waals surface area (Å²) < 4.78 is 6.44. The van der Waals surface area contributed by atoms with Crippen LogP contribution in [0.1, 0.15) is 12.8 Å². The van der Waals surface area contributed by atoms with Crippen LogP contribution in [0.5, 0.6) is 5.75 Å². The summed E-state index contributed by atoms with van der Waals surface area (Å²) in [6.07, 6.45) is 2.66. The largest absolute Gasteiger partial charge is 0.492 e. The first-order valence-electron chi connectivity index (χ1n) is 7.86. The van der Waals surface area contributed by atoms with Crippen molar-refractivity contribution in [3.8, 4) is 17.1 Å². The minimum Gasteiger partial charge on any atom is -0.492 e. The molecule has 0 atom stereocenters. The average molecular weight is 453 g/mol. The highest BCUT2D eigenvalue weighted by Gasteiger charge is 2.09. The minimum absolute atomic E-state index is 0.0920. The van der Waals surface area contributed by atoms with E-state index in [2.05, 4.69) is 31.2 Å². The highest BCUT2D eigenvalue weighted by atomic mass is 79.9. The summed E-state index contributed by atoms with van der Waals surface area (Å²) in [4.78, 5) is 20.7. The summed E-state index contributed by atoms with van der Waals surface area (Å²) >= 11 is 10.7. The maximum atomic E-state index is 12.0. The SMILES string of the molecule is O=C(CCCOc1ccc(Cl)cc1Br)Nc1nc(-c2ccccn2)cs1. The molecule has 2 aromatic heterocycles. The van der Waals surface area contributed by atoms with E-state index in [0.717, 1.165) is 15.9 Å². The second-order valence-electron chi connectivity index (χ2n) is 5.33. The van der Waals surface area contributed by atoms with E-state index in [1.54, 1.807) is 24.4 Å². The highest BCUT2D eigenvalue weighted by molar-refractivity contribution is 9.10. The Bertz CT molecular complexity index is 889. The second-order valence-corrected chi connectivity index (χ2v) is 7.48. The molecule has 0 aliphatic carbocycles. The van der Waals surface area contributed by atoms with Crippen molar-refractivity contribution in [2.75, 3.05) is 11.9 Å². The van der Waals surface area contributed by atoms with Gasteiger partial charge >= 0.3 is 0 Å². The fraction of sp³-hybridized carbons (Fsp3) is 0.167. The number of aromatic nitrogens is 2. The Balaban J connectivity index is 1.44. The fourth-order valence-electron chi connectivity index (χ4n) is 2.15. The first kappa shape index (κ1) is 18.8. The minimum atomic E-state index is -0.0920. The molecule has 8 heteroatoms. The number of hydrogen-bond donors (Lipinski definition) is 1. The number of rotatable bonds is 7. The molecule has 3 aromatic rings. The molecular formula is C18H15BrClN3O2S. The Hall–Kier alpha value is -1.96. The van der Waals surface area contributed by atoms with Crippen LogP contribution in [0.4, 0.5) is 5.13 Å². The van der Waals surface area contributed by atoms with Crippen LogP contribution < -0.4 is 10.1 Å². The lowest BCUT2D eigenvalue weighted by atomic mass is 10.3. The molecule has 0 aliphatic rings. The molecule has 0 fully saturated rings. The van der Waals surface area contributed by atoms with Crippen molar-refractivity contribution in [3.05, 3.63) is 57.5 Å². The molecule has 26 heavy (non-hydrogen) atoms. The Morgan fingerprint density at radius 3 is 2.92 bits per heavy atom. The number of nitrogens with zero attached hydrogens (tertiary/aromatic N) is 2. The van der Waals surface area contributed by atoms with Gasteiger partial charge in [0.2, 0.25) is 5.91 Å². The van der Waals surface area contributed by atoms with Crippen molar-refractivity contribution >= 4 is 49.9 Å². The standard InChI is InChI=1S/C18H15BrClN3O2S/c19-13-10-12(20)6-7-16(13)25-9-3-5-17(24)23-18-22-15(11-26-18)14-4-1-2-8-21-14/h1-2,4,6-8,10-11H,3,5,9H2,(H,22,23,24). The summed E-state index contributed by atoms with van der Waals surface area (Å²) in [5.41, 5.74) is 1.54. The Labute approximate surface area is 168 Å². The molecule has 0 radical (unpaired) electrons. The molecule has 0 saturated carbocycles. The molecule has 1 N–H and O–H groups in total. The predicted octanol–water partition coefficient (Wildman–Crippen LogP) is 5.42. The number of hydrogen-bond acceptors (Lipinski definition) is 5. The number of benzene rings is 1. The Morgan fingerprint density at radius 1 is 1.27 bits per heavy atom. The molecule has 0 spiro atoms. The van der Waals surface area contributed by atoms with Crippen LogP contribution in [0.15, 0.2) is 52.4 Å². The first-order valence-corrected chi connectivity index (χ1v) is 9.91.